The topological polar surface area (TPSA) is 26.3 Å². The fourth-order valence-corrected chi connectivity index (χ4v) is 2.03. The Hall–Kier alpha value is 0.870. The Labute approximate surface area is 109 Å². The van der Waals surface area contributed by atoms with Crippen LogP contribution in [0.5, 0.6) is 0 Å². The van der Waals surface area contributed by atoms with Gasteiger partial charge in [-0.15, -0.1) is 0 Å². The molecule has 1 rings (SSSR count). The summed E-state index contributed by atoms with van der Waals surface area (Å²) in [6, 6.07) is 0. The minimum Gasteiger partial charge on any atom is -0.426 e. The molecule has 0 aromatic rings. The van der Waals surface area contributed by atoms with E-state index >= 15 is 0 Å². The summed E-state index contributed by atoms with van der Waals surface area (Å²) in [6.45, 7) is 0. The van der Waals surface area contributed by atoms with Gasteiger partial charge in [0, 0.05) is 6.42 Å². The molecule has 0 unspecified atom stereocenters. The number of rotatable bonds is 1. The molecule has 6 heteroatoms. The van der Waals surface area contributed by atoms with Crippen molar-refractivity contribution >= 4 is 69.7 Å². The van der Waals surface area contributed by atoms with Gasteiger partial charge in [-0.05, 0) is 31.9 Å². The summed E-state index contributed by atoms with van der Waals surface area (Å²) in [6.07, 6.45) is 2.42. The number of hydrogen-bond acceptors (Lipinski definition) is 2. The minimum absolute atomic E-state index is 0.150. The van der Waals surface area contributed by atoms with E-state index in [2.05, 4.69) is 63.7 Å². The molecule has 13 heavy (non-hydrogen) atoms. The Kier molecular flexibility index (Phi) is 4.68. The van der Waals surface area contributed by atoms with Crippen LogP contribution in [0.2, 0.25) is 0 Å². The first-order valence-electron chi connectivity index (χ1n) is 3.27. The van der Waals surface area contributed by atoms with Crippen LogP contribution in [0, 0.1) is 0 Å². The second kappa shape index (κ2) is 5.09. The van der Waals surface area contributed by atoms with Gasteiger partial charge in [-0.25, -0.2) is 4.79 Å². The van der Waals surface area contributed by atoms with Crippen molar-refractivity contribution < 1.29 is 9.53 Å². The number of alkyl halides is 2. The SMILES string of the molecule is O=C1OC(=C(Br)Br)CC=C1C(Br)Br. The molecular weight excluding hydrogens is 436 g/mol. The van der Waals surface area contributed by atoms with Crippen molar-refractivity contribution in [3.63, 3.8) is 0 Å². The summed E-state index contributed by atoms with van der Waals surface area (Å²) in [5.74, 6) is 0.255. The molecule has 1 aliphatic heterocycles. The van der Waals surface area contributed by atoms with E-state index in [0.29, 0.717) is 21.1 Å². The van der Waals surface area contributed by atoms with Crippen molar-refractivity contribution in [1.82, 2.24) is 0 Å². The maximum atomic E-state index is 11.3. The van der Waals surface area contributed by atoms with Crippen LogP contribution in [0.25, 0.3) is 0 Å². The van der Waals surface area contributed by atoms with E-state index in [1.165, 1.54) is 0 Å². The maximum Gasteiger partial charge on any atom is 0.340 e. The average molecular weight is 440 g/mol. The van der Waals surface area contributed by atoms with Crippen LogP contribution in [0.4, 0.5) is 0 Å². The molecule has 2 nitrogen and oxygen atoms in total. The number of allylic oxidation sites excluding steroid dienone is 1. The molecular formula is C7H4Br4O2. The monoisotopic (exact) mass is 436 g/mol. The van der Waals surface area contributed by atoms with Crippen LogP contribution in [0.15, 0.2) is 20.8 Å². The Morgan fingerprint density at radius 1 is 1.46 bits per heavy atom. The summed E-state index contributed by atoms with van der Waals surface area (Å²) in [7, 11) is 0. The second-order valence-electron chi connectivity index (χ2n) is 2.24. The molecule has 0 bridgehead atoms. The maximum absolute atomic E-state index is 11.3. The average Bonchev–Trinajstić information content (AvgIpc) is 2.03. The van der Waals surface area contributed by atoms with Crippen molar-refractivity contribution in [3.05, 3.63) is 20.8 Å². The minimum atomic E-state index is -0.337. The molecule has 0 aromatic heterocycles. The van der Waals surface area contributed by atoms with Crippen LogP contribution >= 0.6 is 63.7 Å². The van der Waals surface area contributed by atoms with E-state index in [9.17, 15) is 4.79 Å². The lowest BCUT2D eigenvalue weighted by molar-refractivity contribution is -0.135. The van der Waals surface area contributed by atoms with Crippen LogP contribution in [-0.2, 0) is 9.53 Å². The smallest absolute Gasteiger partial charge is 0.340 e. The van der Waals surface area contributed by atoms with E-state index in [0.717, 1.165) is 0 Å². The summed E-state index contributed by atoms with van der Waals surface area (Å²) in [5.41, 5.74) is 0.588. The molecule has 0 saturated carbocycles. The molecule has 72 valence electrons. The van der Waals surface area contributed by atoms with Gasteiger partial charge in [0.05, 0.1) is 8.96 Å². The third-order valence-corrected chi connectivity index (χ3v) is 3.28. The third-order valence-electron chi connectivity index (χ3n) is 1.40. The Morgan fingerprint density at radius 2 is 2.08 bits per heavy atom. The van der Waals surface area contributed by atoms with Gasteiger partial charge in [0.2, 0.25) is 0 Å². The van der Waals surface area contributed by atoms with E-state index in [4.69, 9.17) is 4.74 Å². The molecule has 0 amide bonds. The fraction of sp³-hybridized carbons (Fsp3) is 0.286. The number of cyclic esters (lactones) is 1. The molecule has 0 N–H and O–H groups in total. The predicted molar refractivity (Wildman–Crippen MR) is 65.3 cm³/mol. The highest BCUT2D eigenvalue weighted by atomic mass is 79.9. The van der Waals surface area contributed by atoms with Crippen molar-refractivity contribution in [2.24, 2.45) is 0 Å². The van der Waals surface area contributed by atoms with Crippen molar-refractivity contribution in [2.75, 3.05) is 0 Å². The van der Waals surface area contributed by atoms with Gasteiger partial charge in [-0.3, -0.25) is 0 Å². The van der Waals surface area contributed by atoms with Crippen molar-refractivity contribution in [3.8, 4) is 0 Å². The largest absolute Gasteiger partial charge is 0.426 e. The van der Waals surface area contributed by atoms with E-state index in [1.54, 1.807) is 0 Å². The van der Waals surface area contributed by atoms with E-state index in [-0.39, 0.29) is 9.71 Å². The molecule has 0 fully saturated rings. The Balaban J connectivity index is 2.88. The summed E-state index contributed by atoms with van der Waals surface area (Å²) < 4.78 is 5.56. The van der Waals surface area contributed by atoms with Gasteiger partial charge in [0.1, 0.15) is 9.50 Å². The first-order chi connectivity index (χ1) is 6.02. The molecule has 1 aliphatic rings. The number of halogens is 4. The van der Waals surface area contributed by atoms with Crippen molar-refractivity contribution in [1.29, 1.82) is 0 Å². The lowest BCUT2D eigenvalue weighted by Crippen LogP contribution is -2.16. The van der Waals surface area contributed by atoms with Crippen LogP contribution in [0.3, 0.4) is 0 Å². The quantitative estimate of drug-likeness (QED) is 0.457. The number of carbonyl (C=O) groups excluding carboxylic acids is 1. The number of ether oxygens (including phenoxy) is 1. The zero-order valence-corrected chi connectivity index (χ0v) is 12.5. The number of hydrogen-bond donors (Lipinski definition) is 0. The zero-order valence-electron chi connectivity index (χ0n) is 6.19. The molecule has 0 atom stereocenters. The molecule has 0 radical (unpaired) electrons. The van der Waals surface area contributed by atoms with Gasteiger partial charge < -0.3 is 4.74 Å². The molecule has 1 heterocycles. The first-order valence-corrected chi connectivity index (χ1v) is 6.68. The molecule has 0 aliphatic carbocycles. The van der Waals surface area contributed by atoms with Crippen LogP contribution in [-0.4, -0.2) is 9.71 Å². The second-order valence-corrected chi connectivity index (χ2v) is 7.95. The summed E-state index contributed by atoms with van der Waals surface area (Å²) >= 11 is 12.9. The number of esters is 1. The predicted octanol–water partition coefficient (Wildman–Crippen LogP) is 3.93. The van der Waals surface area contributed by atoms with E-state index < -0.39 is 0 Å². The standard InChI is InChI=1S/C7H4Br4O2/c8-5(9)3-1-2-4(6(10)11)13-7(3)12/h1,5H,2H2. The van der Waals surface area contributed by atoms with Gasteiger partial charge in [-0.1, -0.05) is 37.9 Å². The van der Waals surface area contributed by atoms with Crippen molar-refractivity contribution in [2.45, 2.75) is 10.2 Å². The Morgan fingerprint density at radius 3 is 2.46 bits per heavy atom. The highest BCUT2D eigenvalue weighted by Crippen LogP contribution is 2.31. The van der Waals surface area contributed by atoms with Gasteiger partial charge in [-0.2, -0.15) is 0 Å². The molecule has 0 aromatic carbocycles. The van der Waals surface area contributed by atoms with Crippen LogP contribution in [0.1, 0.15) is 6.42 Å². The van der Waals surface area contributed by atoms with Gasteiger partial charge in [0.25, 0.3) is 0 Å². The van der Waals surface area contributed by atoms with E-state index in [1.807, 2.05) is 6.08 Å². The highest BCUT2D eigenvalue weighted by molar-refractivity contribution is 9.28. The normalized spacial score (nSPS) is 17.2. The fourth-order valence-electron chi connectivity index (χ4n) is 0.792. The summed E-state index contributed by atoms with van der Waals surface area (Å²) in [4.78, 5) is 11.3. The number of carbonyl (C=O) groups is 1. The van der Waals surface area contributed by atoms with Gasteiger partial charge in [0.15, 0.2) is 0 Å². The lowest BCUT2D eigenvalue weighted by atomic mass is 10.2. The highest BCUT2D eigenvalue weighted by Gasteiger charge is 2.23. The van der Waals surface area contributed by atoms with Crippen LogP contribution < -0.4 is 0 Å². The molecule has 0 saturated heterocycles. The first kappa shape index (κ1) is 11.9. The van der Waals surface area contributed by atoms with Gasteiger partial charge >= 0.3 is 5.97 Å². The summed E-state index contributed by atoms with van der Waals surface area (Å²) in [5, 5.41) is 0. The lowest BCUT2D eigenvalue weighted by Gasteiger charge is -2.16. The Bertz CT molecular complexity index is 289. The zero-order chi connectivity index (χ0) is 10.0. The third kappa shape index (κ3) is 3.18. The molecule has 0 spiro atoms.